The average molecular weight is 430 g/mol. The fraction of sp³-hybridized carbons (Fsp3) is 0.0833. The van der Waals surface area contributed by atoms with Crippen LogP contribution in [0.3, 0.4) is 0 Å². The van der Waals surface area contributed by atoms with E-state index in [9.17, 15) is 5.11 Å². The third-order valence-corrected chi connectivity index (χ3v) is 5.87. The molecule has 2 N–H and O–H groups in total. The lowest BCUT2D eigenvalue weighted by atomic mass is 10.1. The Morgan fingerprint density at radius 3 is 2.77 bits per heavy atom. The predicted molar refractivity (Wildman–Crippen MR) is 123 cm³/mol. The number of methoxy groups -OCH3 is 1. The number of rotatable bonds is 4. The van der Waals surface area contributed by atoms with E-state index in [4.69, 9.17) is 9.15 Å². The molecule has 3 aromatic carbocycles. The first-order valence-electron chi connectivity index (χ1n) is 9.68. The first kappa shape index (κ1) is 19.1. The van der Waals surface area contributed by atoms with Gasteiger partial charge in [0.1, 0.15) is 11.3 Å². The minimum atomic E-state index is 0.0741. The molecule has 5 rings (SSSR count). The maximum atomic E-state index is 9.92. The number of phenols is 1. The summed E-state index contributed by atoms with van der Waals surface area (Å²) in [4.78, 5) is 4.58. The highest BCUT2D eigenvalue weighted by Gasteiger charge is 2.10. The smallest absolute Gasteiger partial charge is 0.204 e. The molecule has 31 heavy (non-hydrogen) atoms. The van der Waals surface area contributed by atoms with E-state index in [1.165, 1.54) is 7.11 Å². The van der Waals surface area contributed by atoms with E-state index in [1.54, 1.807) is 29.5 Å². The standard InChI is InChI=1S/C24H19N3O3S/c1-14-7-10-20-16(11-14)18(26-27-24-25-17-5-3-4-6-23(17)31-24)13-21(30-20)15-8-9-19(28)22(12-15)29-2/h3-13,28H,1-2H3,(H,25,27)/b26-18+. The number of anilines is 1. The molecule has 0 bridgehead atoms. The van der Waals surface area contributed by atoms with Gasteiger partial charge in [0.15, 0.2) is 11.5 Å². The van der Waals surface area contributed by atoms with Crippen molar-refractivity contribution in [2.24, 2.45) is 5.10 Å². The van der Waals surface area contributed by atoms with Gasteiger partial charge >= 0.3 is 0 Å². The zero-order chi connectivity index (χ0) is 21.4. The lowest BCUT2D eigenvalue weighted by Crippen LogP contribution is -2.07. The summed E-state index contributed by atoms with van der Waals surface area (Å²) in [6.07, 6.45) is 0. The molecule has 0 aliphatic rings. The van der Waals surface area contributed by atoms with Gasteiger partial charge in [-0.1, -0.05) is 35.1 Å². The molecule has 154 valence electrons. The molecule has 2 heterocycles. The van der Waals surface area contributed by atoms with Gasteiger partial charge in [0, 0.05) is 17.0 Å². The Bertz CT molecular complexity index is 1450. The summed E-state index contributed by atoms with van der Waals surface area (Å²) in [5.74, 6) is 1.06. The van der Waals surface area contributed by atoms with Gasteiger partial charge < -0.3 is 14.3 Å². The number of ether oxygens (including phenoxy) is 1. The largest absolute Gasteiger partial charge is 0.504 e. The van der Waals surface area contributed by atoms with Crippen LogP contribution in [0.25, 0.3) is 32.5 Å². The Hall–Kier alpha value is -3.84. The molecule has 7 heteroatoms. The number of nitrogens with one attached hydrogen (secondary N) is 1. The normalized spacial score (nSPS) is 11.9. The number of thiazole rings is 1. The van der Waals surface area contributed by atoms with Crippen LogP contribution in [0.4, 0.5) is 5.13 Å². The van der Waals surface area contributed by atoms with Gasteiger partial charge in [0.25, 0.3) is 0 Å². The SMILES string of the molecule is COc1cc(-c2c/c(=N\Nc3nc4ccccc4s3)c3cc(C)ccc3o2)ccc1O. The molecule has 2 aromatic heterocycles. The van der Waals surface area contributed by atoms with Crippen LogP contribution < -0.4 is 15.5 Å². The molecule has 0 saturated heterocycles. The predicted octanol–water partition coefficient (Wildman–Crippen LogP) is 5.66. The van der Waals surface area contributed by atoms with Gasteiger partial charge in [-0.15, -0.1) is 0 Å². The summed E-state index contributed by atoms with van der Waals surface area (Å²) >= 11 is 1.55. The fourth-order valence-electron chi connectivity index (χ4n) is 3.38. The van der Waals surface area contributed by atoms with Crippen molar-refractivity contribution in [1.29, 1.82) is 0 Å². The molecule has 0 aliphatic carbocycles. The number of phenolic OH excluding ortho intramolecular Hbond substituents is 1. The van der Waals surface area contributed by atoms with Crippen LogP contribution in [0.5, 0.6) is 11.5 Å². The van der Waals surface area contributed by atoms with Crippen LogP contribution >= 0.6 is 11.3 Å². The molecule has 0 spiro atoms. The molecular formula is C24H19N3O3S. The molecule has 0 radical (unpaired) electrons. The van der Waals surface area contributed by atoms with Crippen LogP contribution in [-0.2, 0) is 0 Å². The first-order valence-corrected chi connectivity index (χ1v) is 10.5. The van der Waals surface area contributed by atoms with Crippen molar-refractivity contribution in [2.45, 2.75) is 6.92 Å². The number of benzene rings is 3. The topological polar surface area (TPSA) is 79.9 Å². The van der Waals surface area contributed by atoms with Crippen LogP contribution in [0.2, 0.25) is 0 Å². The second-order valence-corrected chi connectivity index (χ2v) is 8.12. The molecule has 0 unspecified atom stereocenters. The van der Waals surface area contributed by atoms with Crippen molar-refractivity contribution in [1.82, 2.24) is 4.98 Å². The molecule has 0 amide bonds. The van der Waals surface area contributed by atoms with Crippen molar-refractivity contribution in [3.05, 3.63) is 77.7 Å². The van der Waals surface area contributed by atoms with E-state index in [1.807, 2.05) is 55.5 Å². The zero-order valence-electron chi connectivity index (χ0n) is 16.9. The zero-order valence-corrected chi connectivity index (χ0v) is 17.7. The number of aryl methyl sites for hydroxylation is 1. The first-order chi connectivity index (χ1) is 15.1. The molecular weight excluding hydrogens is 410 g/mol. The molecule has 6 nitrogen and oxygen atoms in total. The minimum Gasteiger partial charge on any atom is -0.504 e. The van der Waals surface area contributed by atoms with E-state index in [-0.39, 0.29) is 5.75 Å². The van der Waals surface area contributed by atoms with Crippen LogP contribution in [0, 0.1) is 6.92 Å². The number of hydrogen-bond acceptors (Lipinski definition) is 7. The van der Waals surface area contributed by atoms with E-state index >= 15 is 0 Å². The quantitative estimate of drug-likeness (QED) is 0.360. The van der Waals surface area contributed by atoms with Crippen molar-refractivity contribution in [3.8, 4) is 22.8 Å². The van der Waals surface area contributed by atoms with Gasteiger partial charge in [0.05, 0.1) is 22.7 Å². The van der Waals surface area contributed by atoms with E-state index in [0.29, 0.717) is 17.1 Å². The molecule has 5 aromatic rings. The van der Waals surface area contributed by atoms with E-state index in [2.05, 4.69) is 15.5 Å². The summed E-state index contributed by atoms with van der Waals surface area (Å²) in [6, 6.07) is 20.9. The Kier molecular flexibility index (Phi) is 4.80. The summed E-state index contributed by atoms with van der Waals surface area (Å²) in [6.45, 7) is 2.03. The average Bonchev–Trinajstić information content (AvgIpc) is 3.21. The van der Waals surface area contributed by atoms with Gasteiger partial charge in [-0.25, -0.2) is 4.98 Å². The minimum absolute atomic E-state index is 0.0741. The number of fused-ring (bicyclic) bond motifs is 2. The van der Waals surface area contributed by atoms with Crippen molar-refractivity contribution >= 4 is 37.7 Å². The Morgan fingerprint density at radius 1 is 1.06 bits per heavy atom. The van der Waals surface area contributed by atoms with Crippen LogP contribution in [0.1, 0.15) is 5.56 Å². The van der Waals surface area contributed by atoms with Gasteiger partial charge in [0.2, 0.25) is 5.13 Å². The molecule has 0 saturated carbocycles. The highest BCUT2D eigenvalue weighted by Crippen LogP contribution is 2.32. The lowest BCUT2D eigenvalue weighted by molar-refractivity contribution is 0.373. The van der Waals surface area contributed by atoms with Gasteiger partial charge in [-0.05, 0) is 49.4 Å². The summed E-state index contributed by atoms with van der Waals surface area (Å²) in [5.41, 5.74) is 6.62. The number of aromatic nitrogens is 1. The van der Waals surface area contributed by atoms with E-state index in [0.717, 1.165) is 37.2 Å². The van der Waals surface area contributed by atoms with Gasteiger partial charge in [-0.2, -0.15) is 5.10 Å². The maximum Gasteiger partial charge on any atom is 0.204 e. The van der Waals surface area contributed by atoms with Crippen molar-refractivity contribution in [3.63, 3.8) is 0 Å². The summed E-state index contributed by atoms with van der Waals surface area (Å²) in [5, 5.41) is 16.9. The fourth-order valence-corrected chi connectivity index (χ4v) is 4.19. The van der Waals surface area contributed by atoms with E-state index < -0.39 is 0 Å². The number of nitrogens with zero attached hydrogens (tertiary/aromatic N) is 2. The van der Waals surface area contributed by atoms with Gasteiger partial charge in [-0.3, -0.25) is 5.43 Å². The van der Waals surface area contributed by atoms with Crippen LogP contribution in [-0.4, -0.2) is 17.2 Å². The number of hydrogen-bond donors (Lipinski definition) is 2. The van der Waals surface area contributed by atoms with Crippen LogP contribution in [0.15, 0.2) is 76.2 Å². The second-order valence-electron chi connectivity index (χ2n) is 7.09. The molecule has 0 fully saturated rings. The third-order valence-electron chi connectivity index (χ3n) is 4.93. The van der Waals surface area contributed by atoms with Crippen molar-refractivity contribution < 1.29 is 14.3 Å². The number of para-hydroxylation sites is 1. The monoisotopic (exact) mass is 429 g/mol. The highest BCUT2D eigenvalue weighted by atomic mass is 32.1. The lowest BCUT2D eigenvalue weighted by Gasteiger charge is -2.08. The third kappa shape index (κ3) is 3.71. The maximum absolute atomic E-state index is 9.92. The molecule has 0 aliphatic heterocycles. The summed E-state index contributed by atoms with van der Waals surface area (Å²) < 4.78 is 12.5. The van der Waals surface area contributed by atoms with Crippen molar-refractivity contribution in [2.75, 3.05) is 12.5 Å². The number of aromatic hydroxyl groups is 1. The summed E-state index contributed by atoms with van der Waals surface area (Å²) in [7, 11) is 1.52. The Balaban J connectivity index is 1.64. The highest BCUT2D eigenvalue weighted by molar-refractivity contribution is 7.22. The Morgan fingerprint density at radius 2 is 1.94 bits per heavy atom. The second kappa shape index (κ2) is 7.77. The Labute approximate surface area is 182 Å². The molecule has 0 atom stereocenters.